The van der Waals surface area contributed by atoms with E-state index in [1.165, 1.54) is 0 Å². The lowest BCUT2D eigenvalue weighted by molar-refractivity contribution is 1.06. The Morgan fingerprint density at radius 1 is 1.21 bits per heavy atom. The Labute approximate surface area is 91.6 Å². The van der Waals surface area contributed by atoms with Crippen molar-refractivity contribution in [2.75, 3.05) is 0 Å². The lowest BCUT2D eigenvalue weighted by Gasteiger charge is -2.03. The zero-order valence-corrected chi connectivity index (χ0v) is 8.81. The largest absolute Gasteiger partial charge is 0.326 e. The second-order valence-electron chi connectivity index (χ2n) is 2.97. The molecule has 0 saturated carbocycles. The summed E-state index contributed by atoms with van der Waals surface area (Å²) in [6.07, 6.45) is 1.71. The Hall–Kier alpha value is -0.830. The summed E-state index contributed by atoms with van der Waals surface area (Å²) in [4.78, 5) is 4.22. The SMILES string of the molecule is NCc1cnc2c(Cl)ccc(Cl)c2c1. The predicted octanol–water partition coefficient (Wildman–Crippen LogP) is 3.00. The first kappa shape index (κ1) is 9.71. The standard InChI is InChI=1S/C10H8Cl2N2/c11-8-1-2-9(12)10-7(8)3-6(4-13)5-14-10/h1-3,5H,4,13H2. The topological polar surface area (TPSA) is 38.9 Å². The monoisotopic (exact) mass is 226 g/mol. The van der Waals surface area contributed by atoms with Crippen molar-refractivity contribution in [1.82, 2.24) is 4.98 Å². The molecular formula is C10H8Cl2N2. The zero-order valence-electron chi connectivity index (χ0n) is 7.30. The number of hydrogen-bond acceptors (Lipinski definition) is 2. The highest BCUT2D eigenvalue weighted by Gasteiger charge is 2.04. The van der Waals surface area contributed by atoms with Crippen LogP contribution in [0.1, 0.15) is 5.56 Å². The second kappa shape index (κ2) is 3.73. The van der Waals surface area contributed by atoms with Crippen LogP contribution in [0.4, 0.5) is 0 Å². The predicted molar refractivity (Wildman–Crippen MR) is 59.7 cm³/mol. The van der Waals surface area contributed by atoms with Gasteiger partial charge in [0, 0.05) is 18.1 Å². The molecule has 0 atom stereocenters. The van der Waals surface area contributed by atoms with Gasteiger partial charge in [0.2, 0.25) is 0 Å². The molecular weight excluding hydrogens is 219 g/mol. The molecule has 0 aliphatic heterocycles. The number of rotatable bonds is 1. The Morgan fingerprint density at radius 3 is 2.64 bits per heavy atom. The molecule has 0 amide bonds. The third-order valence-electron chi connectivity index (χ3n) is 2.04. The molecule has 0 aliphatic rings. The summed E-state index contributed by atoms with van der Waals surface area (Å²) >= 11 is 12.0. The first-order valence-corrected chi connectivity index (χ1v) is 4.90. The van der Waals surface area contributed by atoms with Gasteiger partial charge in [0.25, 0.3) is 0 Å². The number of halogens is 2. The fourth-order valence-corrected chi connectivity index (χ4v) is 1.73. The van der Waals surface area contributed by atoms with E-state index >= 15 is 0 Å². The van der Waals surface area contributed by atoms with Crippen LogP contribution in [-0.4, -0.2) is 4.98 Å². The molecule has 14 heavy (non-hydrogen) atoms. The molecule has 72 valence electrons. The summed E-state index contributed by atoms with van der Waals surface area (Å²) in [5, 5.41) is 2.10. The summed E-state index contributed by atoms with van der Waals surface area (Å²) in [6, 6.07) is 5.41. The zero-order chi connectivity index (χ0) is 10.1. The Morgan fingerprint density at radius 2 is 1.93 bits per heavy atom. The molecule has 4 heteroatoms. The second-order valence-corrected chi connectivity index (χ2v) is 3.79. The van der Waals surface area contributed by atoms with Gasteiger partial charge in [-0.2, -0.15) is 0 Å². The van der Waals surface area contributed by atoms with Gasteiger partial charge in [0.15, 0.2) is 0 Å². The van der Waals surface area contributed by atoms with E-state index in [1.54, 1.807) is 18.3 Å². The van der Waals surface area contributed by atoms with Gasteiger partial charge in [-0.15, -0.1) is 0 Å². The van der Waals surface area contributed by atoms with Crippen LogP contribution < -0.4 is 5.73 Å². The van der Waals surface area contributed by atoms with Crippen LogP contribution in [0.3, 0.4) is 0 Å². The van der Waals surface area contributed by atoms with E-state index in [-0.39, 0.29) is 0 Å². The lowest BCUT2D eigenvalue weighted by atomic mass is 10.1. The van der Waals surface area contributed by atoms with Crippen LogP contribution in [0.25, 0.3) is 10.9 Å². The minimum absolute atomic E-state index is 0.450. The smallest absolute Gasteiger partial charge is 0.0903 e. The molecule has 0 fully saturated rings. The lowest BCUT2D eigenvalue weighted by Crippen LogP contribution is -1.97. The van der Waals surface area contributed by atoms with Gasteiger partial charge in [-0.1, -0.05) is 23.2 Å². The number of benzene rings is 1. The number of nitrogens with zero attached hydrogens (tertiary/aromatic N) is 1. The normalized spacial score (nSPS) is 10.8. The summed E-state index contributed by atoms with van der Waals surface area (Å²) in [5.74, 6) is 0. The molecule has 1 aromatic carbocycles. The fraction of sp³-hybridized carbons (Fsp3) is 0.100. The highest BCUT2D eigenvalue weighted by atomic mass is 35.5. The quantitative estimate of drug-likeness (QED) is 0.813. The number of aromatic nitrogens is 1. The van der Waals surface area contributed by atoms with E-state index in [0.29, 0.717) is 16.6 Å². The summed E-state index contributed by atoms with van der Waals surface area (Å²) < 4.78 is 0. The molecule has 0 unspecified atom stereocenters. The van der Waals surface area contributed by atoms with Crippen molar-refractivity contribution in [2.24, 2.45) is 5.73 Å². The molecule has 1 aromatic heterocycles. The van der Waals surface area contributed by atoms with E-state index < -0.39 is 0 Å². The van der Waals surface area contributed by atoms with E-state index in [4.69, 9.17) is 28.9 Å². The minimum atomic E-state index is 0.450. The van der Waals surface area contributed by atoms with Crippen LogP contribution in [0, 0.1) is 0 Å². The third-order valence-corrected chi connectivity index (χ3v) is 2.67. The minimum Gasteiger partial charge on any atom is -0.326 e. The summed E-state index contributed by atoms with van der Waals surface area (Å²) in [7, 11) is 0. The molecule has 2 nitrogen and oxygen atoms in total. The first-order valence-electron chi connectivity index (χ1n) is 4.15. The molecule has 0 radical (unpaired) electrons. The van der Waals surface area contributed by atoms with Gasteiger partial charge in [-0.3, -0.25) is 4.98 Å². The summed E-state index contributed by atoms with van der Waals surface area (Å²) in [6.45, 7) is 0.450. The Kier molecular flexibility index (Phi) is 2.59. The average molecular weight is 227 g/mol. The Balaban J connectivity index is 2.80. The van der Waals surface area contributed by atoms with Gasteiger partial charge in [0.1, 0.15) is 0 Å². The van der Waals surface area contributed by atoms with Crippen LogP contribution in [0.2, 0.25) is 10.0 Å². The maximum absolute atomic E-state index is 6.02. The van der Waals surface area contributed by atoms with E-state index in [0.717, 1.165) is 16.5 Å². The van der Waals surface area contributed by atoms with E-state index in [9.17, 15) is 0 Å². The molecule has 0 aliphatic carbocycles. The molecule has 0 spiro atoms. The maximum atomic E-state index is 6.02. The van der Waals surface area contributed by atoms with E-state index in [1.807, 2.05) is 6.07 Å². The number of fused-ring (bicyclic) bond motifs is 1. The molecule has 1 heterocycles. The van der Waals surface area contributed by atoms with Gasteiger partial charge in [-0.05, 0) is 23.8 Å². The average Bonchev–Trinajstić information content (AvgIpc) is 2.23. The van der Waals surface area contributed by atoms with Gasteiger partial charge < -0.3 is 5.73 Å². The van der Waals surface area contributed by atoms with Crippen LogP contribution >= 0.6 is 23.2 Å². The number of pyridine rings is 1. The van der Waals surface area contributed by atoms with Gasteiger partial charge in [-0.25, -0.2) is 0 Å². The Bertz CT molecular complexity index is 483. The van der Waals surface area contributed by atoms with Gasteiger partial charge in [0.05, 0.1) is 15.6 Å². The van der Waals surface area contributed by atoms with Crippen molar-refractivity contribution in [3.05, 3.63) is 40.0 Å². The molecule has 0 saturated heterocycles. The summed E-state index contributed by atoms with van der Waals surface area (Å²) in [5.41, 5.74) is 7.18. The van der Waals surface area contributed by atoms with E-state index in [2.05, 4.69) is 4.98 Å². The molecule has 2 rings (SSSR count). The van der Waals surface area contributed by atoms with Crippen LogP contribution in [0.15, 0.2) is 24.4 Å². The number of nitrogens with two attached hydrogens (primary N) is 1. The number of hydrogen-bond donors (Lipinski definition) is 1. The van der Waals surface area contributed by atoms with Crippen molar-refractivity contribution < 1.29 is 0 Å². The van der Waals surface area contributed by atoms with Crippen molar-refractivity contribution >= 4 is 34.1 Å². The van der Waals surface area contributed by atoms with Crippen molar-refractivity contribution in [1.29, 1.82) is 0 Å². The van der Waals surface area contributed by atoms with Crippen LogP contribution in [0.5, 0.6) is 0 Å². The molecule has 0 bridgehead atoms. The highest BCUT2D eigenvalue weighted by Crippen LogP contribution is 2.28. The molecule has 2 aromatic rings. The van der Waals surface area contributed by atoms with Crippen molar-refractivity contribution in [3.8, 4) is 0 Å². The fourth-order valence-electron chi connectivity index (χ4n) is 1.31. The van der Waals surface area contributed by atoms with Crippen LogP contribution in [-0.2, 0) is 6.54 Å². The maximum Gasteiger partial charge on any atom is 0.0903 e. The molecule has 2 N–H and O–H groups in total. The van der Waals surface area contributed by atoms with Crippen molar-refractivity contribution in [2.45, 2.75) is 6.54 Å². The first-order chi connectivity index (χ1) is 6.72. The van der Waals surface area contributed by atoms with Crippen molar-refractivity contribution in [3.63, 3.8) is 0 Å². The highest BCUT2D eigenvalue weighted by molar-refractivity contribution is 6.39. The van der Waals surface area contributed by atoms with Gasteiger partial charge >= 0.3 is 0 Å². The third kappa shape index (κ3) is 1.57.